The van der Waals surface area contributed by atoms with Gasteiger partial charge in [0, 0.05) is 13.1 Å². The van der Waals surface area contributed by atoms with Crippen molar-refractivity contribution in [1.82, 2.24) is 9.80 Å². The van der Waals surface area contributed by atoms with E-state index < -0.39 is 0 Å². The van der Waals surface area contributed by atoms with Gasteiger partial charge in [0.2, 0.25) is 5.91 Å². The van der Waals surface area contributed by atoms with Crippen LogP contribution in [0, 0.1) is 6.92 Å². The van der Waals surface area contributed by atoms with Crippen LogP contribution in [0.3, 0.4) is 0 Å². The van der Waals surface area contributed by atoms with Gasteiger partial charge in [-0.15, -0.1) is 0 Å². The van der Waals surface area contributed by atoms with Crippen LogP contribution in [-0.4, -0.2) is 55.1 Å². The molecule has 0 unspecified atom stereocenters. The van der Waals surface area contributed by atoms with E-state index in [1.165, 1.54) is 5.56 Å². The van der Waals surface area contributed by atoms with Gasteiger partial charge in [0.05, 0.1) is 12.2 Å². The van der Waals surface area contributed by atoms with Gasteiger partial charge < -0.3 is 9.64 Å². The second-order valence-corrected chi connectivity index (χ2v) is 6.89. The zero-order valence-electron chi connectivity index (χ0n) is 13.8. The fourth-order valence-electron chi connectivity index (χ4n) is 3.59. The second kappa shape index (κ2) is 6.01. The van der Waals surface area contributed by atoms with Gasteiger partial charge in [0.25, 0.3) is 0 Å². The zero-order valence-corrected chi connectivity index (χ0v) is 13.8. The molecule has 1 aromatic rings. The monoisotopic (exact) mass is 302 g/mol. The predicted molar refractivity (Wildman–Crippen MR) is 86.7 cm³/mol. The van der Waals surface area contributed by atoms with Crippen molar-refractivity contribution in [3.8, 4) is 0 Å². The largest absolute Gasteiger partial charge is 0.375 e. The first kappa shape index (κ1) is 15.5. The number of carbonyl (C=O) groups is 1. The normalized spacial score (nSPS) is 21.7. The molecule has 2 saturated heterocycles. The van der Waals surface area contributed by atoms with Crippen LogP contribution < -0.4 is 0 Å². The lowest BCUT2D eigenvalue weighted by Crippen LogP contribution is -2.54. The van der Waals surface area contributed by atoms with Crippen molar-refractivity contribution in [3.05, 3.63) is 35.4 Å². The topological polar surface area (TPSA) is 32.8 Å². The molecule has 0 aromatic heterocycles. The molecule has 120 valence electrons. The highest BCUT2D eigenvalue weighted by Gasteiger charge is 2.43. The Morgan fingerprint density at radius 2 is 1.95 bits per heavy atom. The maximum absolute atomic E-state index is 13.0. The van der Waals surface area contributed by atoms with Crippen LogP contribution in [-0.2, 0) is 9.53 Å². The first-order valence-corrected chi connectivity index (χ1v) is 8.16. The zero-order chi connectivity index (χ0) is 15.7. The molecule has 1 aromatic carbocycles. The highest BCUT2D eigenvalue weighted by molar-refractivity contribution is 5.83. The standard InChI is InChI=1S/C18H26N2O2/c1-14-5-4-6-15(13-14)16(19(2)3)17(21)20-10-7-18(8-11-20)9-12-22-18/h4-6,13,16H,7-12H2,1-3H3/t16-/m0/s1. The fraction of sp³-hybridized carbons (Fsp3) is 0.611. The van der Waals surface area contributed by atoms with Crippen LogP contribution in [0.25, 0.3) is 0 Å². The average Bonchev–Trinajstić information content (AvgIpc) is 2.45. The molecule has 2 aliphatic heterocycles. The van der Waals surface area contributed by atoms with E-state index in [2.05, 4.69) is 25.1 Å². The summed E-state index contributed by atoms with van der Waals surface area (Å²) >= 11 is 0. The highest BCUT2D eigenvalue weighted by Crippen LogP contribution is 2.37. The third-order valence-electron chi connectivity index (χ3n) is 5.06. The number of hydrogen-bond acceptors (Lipinski definition) is 3. The molecule has 4 heteroatoms. The molecule has 2 heterocycles. The maximum atomic E-state index is 13.0. The number of benzene rings is 1. The van der Waals surface area contributed by atoms with E-state index in [9.17, 15) is 4.79 Å². The summed E-state index contributed by atoms with van der Waals surface area (Å²) in [4.78, 5) is 17.0. The quantitative estimate of drug-likeness (QED) is 0.859. The Bertz CT molecular complexity index is 542. The van der Waals surface area contributed by atoms with Crippen LogP contribution in [0.5, 0.6) is 0 Å². The predicted octanol–water partition coefficient (Wildman–Crippen LogP) is 2.38. The van der Waals surface area contributed by atoms with Crippen molar-refractivity contribution in [2.45, 2.75) is 37.8 Å². The Morgan fingerprint density at radius 3 is 2.45 bits per heavy atom. The number of amides is 1. The SMILES string of the molecule is Cc1cccc([C@@H](C(=O)N2CCC3(CCO3)CC2)N(C)C)c1. The Balaban J connectivity index is 1.73. The van der Waals surface area contributed by atoms with Gasteiger partial charge in [-0.1, -0.05) is 29.8 Å². The smallest absolute Gasteiger partial charge is 0.244 e. The Kier molecular flexibility index (Phi) is 4.24. The van der Waals surface area contributed by atoms with Gasteiger partial charge in [-0.3, -0.25) is 9.69 Å². The summed E-state index contributed by atoms with van der Waals surface area (Å²) in [5, 5.41) is 0. The number of likely N-dealkylation sites (N-methyl/N-ethyl adjacent to an activating group) is 1. The number of nitrogens with zero attached hydrogens (tertiary/aromatic N) is 2. The average molecular weight is 302 g/mol. The number of ether oxygens (including phenoxy) is 1. The molecule has 1 atom stereocenters. The Labute approximate surface area is 133 Å². The molecule has 0 saturated carbocycles. The minimum atomic E-state index is -0.198. The number of likely N-dealkylation sites (tertiary alicyclic amines) is 1. The van der Waals surface area contributed by atoms with Crippen molar-refractivity contribution < 1.29 is 9.53 Å². The van der Waals surface area contributed by atoms with Gasteiger partial charge in [-0.25, -0.2) is 0 Å². The summed E-state index contributed by atoms with van der Waals surface area (Å²) in [5.74, 6) is 0.213. The van der Waals surface area contributed by atoms with Gasteiger partial charge in [0.1, 0.15) is 6.04 Å². The molecule has 22 heavy (non-hydrogen) atoms. The summed E-state index contributed by atoms with van der Waals surface area (Å²) in [6, 6.07) is 8.07. The number of carbonyl (C=O) groups excluding carboxylic acids is 1. The lowest BCUT2D eigenvalue weighted by atomic mass is 9.84. The fourth-order valence-corrected chi connectivity index (χ4v) is 3.59. The highest BCUT2D eigenvalue weighted by atomic mass is 16.5. The number of aryl methyl sites for hydroxylation is 1. The van der Waals surface area contributed by atoms with E-state index >= 15 is 0 Å². The minimum Gasteiger partial charge on any atom is -0.375 e. The van der Waals surface area contributed by atoms with Gasteiger partial charge in [0.15, 0.2) is 0 Å². The lowest BCUT2D eigenvalue weighted by Gasteiger charge is -2.48. The molecule has 0 N–H and O–H groups in total. The molecule has 1 spiro atoms. The first-order valence-electron chi connectivity index (χ1n) is 8.16. The summed E-state index contributed by atoms with van der Waals surface area (Å²) in [5.41, 5.74) is 2.36. The maximum Gasteiger partial charge on any atom is 0.244 e. The van der Waals surface area contributed by atoms with Crippen LogP contribution in [0.2, 0.25) is 0 Å². The van der Waals surface area contributed by atoms with E-state index in [0.717, 1.165) is 44.5 Å². The van der Waals surface area contributed by atoms with E-state index in [0.29, 0.717) is 0 Å². The van der Waals surface area contributed by atoms with Crippen molar-refractivity contribution in [2.24, 2.45) is 0 Å². The third kappa shape index (κ3) is 2.90. The van der Waals surface area contributed by atoms with Crippen molar-refractivity contribution in [2.75, 3.05) is 33.8 Å². The van der Waals surface area contributed by atoms with Crippen molar-refractivity contribution in [3.63, 3.8) is 0 Å². The van der Waals surface area contributed by atoms with Gasteiger partial charge in [-0.05, 0) is 45.8 Å². The molecule has 0 bridgehead atoms. The number of hydrogen-bond donors (Lipinski definition) is 0. The first-order chi connectivity index (χ1) is 10.5. The second-order valence-electron chi connectivity index (χ2n) is 6.89. The molecule has 0 aliphatic carbocycles. The molecule has 4 nitrogen and oxygen atoms in total. The summed E-state index contributed by atoms with van der Waals surface area (Å²) in [7, 11) is 3.96. The van der Waals surface area contributed by atoms with Crippen LogP contribution in [0.15, 0.2) is 24.3 Å². The van der Waals surface area contributed by atoms with Crippen molar-refractivity contribution in [1.29, 1.82) is 0 Å². The van der Waals surface area contributed by atoms with Gasteiger partial charge in [-0.2, -0.15) is 0 Å². The van der Waals surface area contributed by atoms with Gasteiger partial charge >= 0.3 is 0 Å². The molecule has 1 amide bonds. The minimum absolute atomic E-state index is 0.0910. The molecule has 3 rings (SSSR count). The van der Waals surface area contributed by atoms with E-state index in [1.54, 1.807) is 0 Å². The lowest BCUT2D eigenvalue weighted by molar-refractivity contribution is -0.177. The van der Waals surface area contributed by atoms with Crippen LogP contribution >= 0.6 is 0 Å². The van der Waals surface area contributed by atoms with E-state index in [-0.39, 0.29) is 17.6 Å². The third-order valence-corrected chi connectivity index (χ3v) is 5.06. The molecule has 0 radical (unpaired) electrons. The van der Waals surface area contributed by atoms with Crippen molar-refractivity contribution >= 4 is 5.91 Å². The summed E-state index contributed by atoms with van der Waals surface area (Å²) in [6.45, 7) is 4.58. The van der Waals surface area contributed by atoms with E-state index in [1.807, 2.05) is 30.0 Å². The molecule has 2 fully saturated rings. The Hall–Kier alpha value is -1.39. The van der Waals surface area contributed by atoms with Crippen LogP contribution in [0.1, 0.15) is 36.4 Å². The molecule has 2 aliphatic rings. The van der Waals surface area contributed by atoms with Crippen LogP contribution in [0.4, 0.5) is 0 Å². The summed E-state index contributed by atoms with van der Waals surface area (Å²) < 4.78 is 5.75. The number of rotatable bonds is 3. The van der Waals surface area contributed by atoms with E-state index in [4.69, 9.17) is 4.74 Å². The number of piperidine rings is 1. The Morgan fingerprint density at radius 1 is 1.27 bits per heavy atom. The molecular formula is C18H26N2O2. The molecular weight excluding hydrogens is 276 g/mol. The summed E-state index contributed by atoms with van der Waals surface area (Å²) in [6.07, 6.45) is 3.11.